The fourth-order valence-corrected chi connectivity index (χ4v) is 4.44. The Labute approximate surface area is 164 Å². The summed E-state index contributed by atoms with van der Waals surface area (Å²) in [6.45, 7) is 0.470. The highest BCUT2D eigenvalue weighted by Crippen LogP contribution is 2.24. The number of thiazole rings is 1. The summed E-state index contributed by atoms with van der Waals surface area (Å²) in [5, 5.41) is 8.16. The van der Waals surface area contributed by atoms with Crippen LogP contribution in [0.25, 0.3) is 16.0 Å². The van der Waals surface area contributed by atoms with Crippen LogP contribution < -0.4 is 5.32 Å². The van der Waals surface area contributed by atoms with Gasteiger partial charge in [-0.05, 0) is 35.9 Å². The maximum absolute atomic E-state index is 12.1. The van der Waals surface area contributed by atoms with Crippen molar-refractivity contribution in [3.05, 3.63) is 71.6 Å². The molecule has 0 saturated heterocycles. The number of hydrogen-bond donors (Lipinski definition) is 1. The lowest BCUT2D eigenvalue weighted by atomic mass is 10.2. The van der Waals surface area contributed by atoms with Gasteiger partial charge in [0.05, 0.1) is 16.0 Å². The van der Waals surface area contributed by atoms with Crippen molar-refractivity contribution in [3.63, 3.8) is 0 Å². The molecule has 0 atom stereocenters. The van der Waals surface area contributed by atoms with E-state index in [4.69, 9.17) is 0 Å². The minimum atomic E-state index is 0.0126. The minimum absolute atomic E-state index is 0.0126. The largest absolute Gasteiger partial charge is 0.351 e. The van der Waals surface area contributed by atoms with Gasteiger partial charge in [0.1, 0.15) is 5.01 Å². The average Bonchev–Trinajstić information content (AvgIpc) is 3.36. The van der Waals surface area contributed by atoms with Crippen molar-refractivity contribution in [1.82, 2.24) is 25.1 Å². The molecule has 1 aromatic carbocycles. The first kappa shape index (κ1) is 17.7. The lowest BCUT2D eigenvalue weighted by molar-refractivity contribution is -0.118. The van der Waals surface area contributed by atoms with E-state index in [-0.39, 0.29) is 5.91 Å². The first-order chi connectivity index (χ1) is 13.3. The van der Waals surface area contributed by atoms with Gasteiger partial charge in [-0.25, -0.2) is 14.6 Å². The molecule has 136 valence electrons. The van der Waals surface area contributed by atoms with Crippen LogP contribution in [0.1, 0.15) is 10.6 Å². The number of nitrogens with one attached hydrogen (secondary N) is 1. The van der Waals surface area contributed by atoms with Crippen molar-refractivity contribution in [2.45, 2.75) is 12.3 Å². The molecule has 0 aliphatic heterocycles. The second-order valence-corrected chi connectivity index (χ2v) is 7.92. The van der Waals surface area contributed by atoms with Crippen LogP contribution in [0.15, 0.2) is 61.1 Å². The molecule has 27 heavy (non-hydrogen) atoms. The Hall–Kier alpha value is -2.71. The second-order valence-electron chi connectivity index (χ2n) is 5.82. The molecule has 0 aliphatic carbocycles. The zero-order chi connectivity index (χ0) is 18.5. The number of carbonyl (C=O) groups is 1. The van der Waals surface area contributed by atoms with Gasteiger partial charge in [0.15, 0.2) is 5.82 Å². The highest BCUT2D eigenvalue weighted by Gasteiger charge is 2.07. The van der Waals surface area contributed by atoms with Gasteiger partial charge in [-0.2, -0.15) is 5.10 Å². The lowest BCUT2D eigenvalue weighted by Crippen LogP contribution is -2.24. The summed E-state index contributed by atoms with van der Waals surface area (Å²) in [4.78, 5) is 21.0. The Morgan fingerprint density at radius 3 is 2.96 bits per heavy atom. The van der Waals surface area contributed by atoms with Crippen LogP contribution in [0.3, 0.4) is 0 Å². The lowest BCUT2D eigenvalue weighted by Gasteiger charge is -2.07. The molecule has 0 unspecified atom stereocenters. The normalized spacial score (nSPS) is 11.0. The van der Waals surface area contributed by atoms with E-state index in [9.17, 15) is 4.79 Å². The van der Waals surface area contributed by atoms with Crippen molar-refractivity contribution < 1.29 is 4.79 Å². The standard InChI is InChI=1S/C19H17N5OS2/c25-18(12-26-13-19-23-15-4-1-2-5-16(15)27-19)21-11-14-6-8-20-17(10-14)24-9-3-7-22-24/h1-10H,11-13H2,(H,21,25). The summed E-state index contributed by atoms with van der Waals surface area (Å²) in [5.41, 5.74) is 2.01. The van der Waals surface area contributed by atoms with E-state index in [1.165, 1.54) is 4.70 Å². The molecule has 8 heteroatoms. The third-order valence-corrected chi connectivity index (χ3v) is 6.00. The molecule has 0 spiro atoms. The van der Waals surface area contributed by atoms with Crippen LogP contribution in [0, 0.1) is 0 Å². The molecule has 3 heterocycles. The summed E-state index contributed by atoms with van der Waals surface area (Å²) in [6, 6.07) is 13.7. The molecule has 3 aromatic heterocycles. The van der Waals surface area contributed by atoms with Crippen LogP contribution in [0.4, 0.5) is 0 Å². The molecule has 0 bridgehead atoms. The zero-order valence-corrected chi connectivity index (χ0v) is 16.0. The summed E-state index contributed by atoms with van der Waals surface area (Å²) >= 11 is 3.26. The number of hydrogen-bond acceptors (Lipinski definition) is 6. The molecule has 0 radical (unpaired) electrons. The van der Waals surface area contributed by atoms with Gasteiger partial charge in [-0.3, -0.25) is 4.79 Å². The van der Waals surface area contributed by atoms with Gasteiger partial charge in [0.25, 0.3) is 0 Å². The number of rotatable bonds is 7. The van der Waals surface area contributed by atoms with Gasteiger partial charge in [-0.1, -0.05) is 12.1 Å². The summed E-state index contributed by atoms with van der Waals surface area (Å²) in [5.74, 6) is 1.90. The highest BCUT2D eigenvalue weighted by atomic mass is 32.2. The van der Waals surface area contributed by atoms with E-state index >= 15 is 0 Å². The number of pyridine rings is 1. The van der Waals surface area contributed by atoms with Crippen molar-refractivity contribution in [3.8, 4) is 5.82 Å². The second kappa shape index (κ2) is 8.32. The van der Waals surface area contributed by atoms with E-state index in [0.29, 0.717) is 12.3 Å². The van der Waals surface area contributed by atoms with E-state index in [2.05, 4.69) is 26.4 Å². The predicted molar refractivity (Wildman–Crippen MR) is 109 cm³/mol. The molecule has 0 aliphatic rings. The van der Waals surface area contributed by atoms with Gasteiger partial charge in [0.2, 0.25) is 5.91 Å². The van der Waals surface area contributed by atoms with E-state index in [1.54, 1.807) is 40.2 Å². The average molecular weight is 396 g/mol. The first-order valence-electron chi connectivity index (χ1n) is 8.42. The molecule has 4 aromatic rings. The zero-order valence-electron chi connectivity index (χ0n) is 14.4. The SMILES string of the molecule is O=C(CSCc1nc2ccccc2s1)NCc1ccnc(-n2cccn2)c1. The van der Waals surface area contributed by atoms with E-state index in [1.807, 2.05) is 42.6 Å². The van der Waals surface area contributed by atoms with Gasteiger partial charge < -0.3 is 5.32 Å². The summed E-state index contributed by atoms with van der Waals surface area (Å²) in [6.07, 6.45) is 5.27. The molecular formula is C19H17N5OS2. The van der Waals surface area contributed by atoms with Crippen LogP contribution in [-0.2, 0) is 17.1 Å². The Morgan fingerprint density at radius 1 is 1.19 bits per heavy atom. The van der Waals surface area contributed by atoms with Gasteiger partial charge >= 0.3 is 0 Å². The maximum Gasteiger partial charge on any atom is 0.230 e. The number of nitrogens with zero attached hydrogens (tertiary/aromatic N) is 4. The fourth-order valence-electron chi connectivity index (χ4n) is 2.56. The molecule has 1 amide bonds. The Kier molecular flexibility index (Phi) is 5.45. The van der Waals surface area contributed by atoms with Crippen molar-refractivity contribution in [1.29, 1.82) is 0 Å². The number of benzene rings is 1. The molecule has 1 N–H and O–H groups in total. The van der Waals surface area contributed by atoms with Crippen LogP contribution in [0.5, 0.6) is 0 Å². The molecular weight excluding hydrogens is 378 g/mol. The van der Waals surface area contributed by atoms with Crippen molar-refractivity contribution >= 4 is 39.2 Å². The summed E-state index contributed by atoms with van der Waals surface area (Å²) in [7, 11) is 0. The number of carbonyl (C=O) groups excluding carboxylic acids is 1. The number of thioether (sulfide) groups is 1. The molecule has 4 rings (SSSR count). The predicted octanol–water partition coefficient (Wildman–Crippen LogP) is 3.43. The number of aromatic nitrogens is 4. The quantitative estimate of drug-likeness (QED) is 0.519. The van der Waals surface area contributed by atoms with E-state index in [0.717, 1.165) is 27.7 Å². The smallest absolute Gasteiger partial charge is 0.230 e. The van der Waals surface area contributed by atoms with Gasteiger partial charge in [0, 0.05) is 30.9 Å². The fraction of sp³-hybridized carbons (Fsp3) is 0.158. The van der Waals surface area contributed by atoms with E-state index < -0.39 is 0 Å². The number of amides is 1. The molecule has 6 nitrogen and oxygen atoms in total. The molecule has 0 saturated carbocycles. The van der Waals surface area contributed by atoms with Gasteiger partial charge in [-0.15, -0.1) is 23.1 Å². The number of fused-ring (bicyclic) bond motifs is 1. The van der Waals surface area contributed by atoms with Crippen LogP contribution in [-0.4, -0.2) is 31.4 Å². The highest BCUT2D eigenvalue weighted by molar-refractivity contribution is 7.99. The minimum Gasteiger partial charge on any atom is -0.351 e. The molecule has 0 fully saturated rings. The number of para-hydroxylation sites is 1. The Morgan fingerprint density at radius 2 is 2.11 bits per heavy atom. The Bertz CT molecular complexity index is 1010. The Balaban J connectivity index is 1.25. The van der Waals surface area contributed by atoms with Crippen LogP contribution >= 0.6 is 23.1 Å². The maximum atomic E-state index is 12.1. The third kappa shape index (κ3) is 4.53. The van der Waals surface area contributed by atoms with Crippen molar-refractivity contribution in [2.75, 3.05) is 5.75 Å². The van der Waals surface area contributed by atoms with Crippen LogP contribution in [0.2, 0.25) is 0 Å². The van der Waals surface area contributed by atoms with Crippen molar-refractivity contribution in [2.24, 2.45) is 0 Å². The summed E-state index contributed by atoms with van der Waals surface area (Å²) < 4.78 is 2.88. The monoisotopic (exact) mass is 395 g/mol. The third-order valence-electron chi connectivity index (χ3n) is 3.84. The topological polar surface area (TPSA) is 72.7 Å². The first-order valence-corrected chi connectivity index (χ1v) is 10.4.